The highest BCUT2D eigenvalue weighted by atomic mass is 28.4. The van der Waals surface area contributed by atoms with Crippen molar-refractivity contribution in [1.82, 2.24) is 5.32 Å². The number of nitrogens with one attached hydrogen (secondary N) is 1. The third-order valence-corrected chi connectivity index (χ3v) is 9.47. The molecule has 0 heterocycles. The summed E-state index contributed by atoms with van der Waals surface area (Å²) in [6.07, 6.45) is -0.789. The maximum atomic E-state index is 12.1. The summed E-state index contributed by atoms with van der Waals surface area (Å²) >= 11 is 0. The molecule has 0 aliphatic carbocycles. The summed E-state index contributed by atoms with van der Waals surface area (Å²) in [6.45, 7) is 10.8. The Morgan fingerprint density at radius 2 is 1.62 bits per heavy atom. The molecule has 0 spiro atoms. The predicted molar refractivity (Wildman–Crippen MR) is 114 cm³/mol. The predicted octanol–water partition coefficient (Wildman–Crippen LogP) is 5.12. The van der Waals surface area contributed by atoms with Gasteiger partial charge in [-0.25, -0.2) is 9.59 Å². The zero-order valence-corrected chi connectivity index (χ0v) is 18.6. The van der Waals surface area contributed by atoms with Gasteiger partial charge >= 0.3 is 12.1 Å². The van der Waals surface area contributed by atoms with Gasteiger partial charge in [-0.05, 0) is 41.4 Å². The molecule has 0 aliphatic heterocycles. The van der Waals surface area contributed by atoms with Crippen LogP contribution in [0.5, 0.6) is 5.75 Å². The number of alkyl carbamates (subject to hydrolysis) is 1. The minimum Gasteiger partial charge on any atom is -0.544 e. The number of carbonyl (C=O) groups excluding carboxylic acids is 1. The van der Waals surface area contributed by atoms with Crippen LogP contribution in [-0.2, 0) is 16.1 Å². The van der Waals surface area contributed by atoms with E-state index in [2.05, 4.69) is 39.2 Å². The summed E-state index contributed by atoms with van der Waals surface area (Å²) in [7, 11) is -1.99. The van der Waals surface area contributed by atoms with Gasteiger partial charge < -0.3 is 19.6 Å². The largest absolute Gasteiger partial charge is 0.544 e. The maximum absolute atomic E-state index is 12.1. The van der Waals surface area contributed by atoms with E-state index in [1.165, 1.54) is 0 Å². The molecule has 156 valence electrons. The molecule has 29 heavy (non-hydrogen) atoms. The SMILES string of the molecule is CC(C)(C)[Si](C)(C)Oc1ccc([C@H](NC(=O)OCc2ccccc2)C(=O)O)cc1. The minimum absolute atomic E-state index is 0.0549. The lowest BCUT2D eigenvalue weighted by molar-refractivity contribution is -0.139. The number of aliphatic carboxylic acids is 1. The Labute approximate surface area is 173 Å². The number of hydrogen-bond acceptors (Lipinski definition) is 4. The van der Waals surface area contributed by atoms with Crippen molar-refractivity contribution >= 4 is 20.4 Å². The lowest BCUT2D eigenvalue weighted by Crippen LogP contribution is -2.43. The van der Waals surface area contributed by atoms with Gasteiger partial charge in [0, 0.05) is 0 Å². The van der Waals surface area contributed by atoms with Crippen LogP contribution < -0.4 is 9.74 Å². The second-order valence-electron chi connectivity index (χ2n) is 8.41. The Morgan fingerprint density at radius 1 is 1.03 bits per heavy atom. The first-order valence-electron chi connectivity index (χ1n) is 9.48. The smallest absolute Gasteiger partial charge is 0.408 e. The Morgan fingerprint density at radius 3 is 2.14 bits per heavy atom. The van der Waals surface area contributed by atoms with Crippen LogP contribution in [0.4, 0.5) is 4.79 Å². The van der Waals surface area contributed by atoms with Crippen LogP contribution in [0.2, 0.25) is 18.1 Å². The molecule has 0 saturated heterocycles. The van der Waals surface area contributed by atoms with Crippen LogP contribution in [0.15, 0.2) is 54.6 Å². The summed E-state index contributed by atoms with van der Waals surface area (Å²) in [5.74, 6) is -0.476. The van der Waals surface area contributed by atoms with E-state index < -0.39 is 26.4 Å². The van der Waals surface area contributed by atoms with Crippen LogP contribution in [-0.4, -0.2) is 25.5 Å². The van der Waals surface area contributed by atoms with E-state index in [0.717, 1.165) is 5.56 Å². The number of carbonyl (C=O) groups is 2. The zero-order chi connectivity index (χ0) is 21.7. The second kappa shape index (κ2) is 9.13. The van der Waals surface area contributed by atoms with E-state index in [1.54, 1.807) is 24.3 Å². The molecule has 0 saturated carbocycles. The van der Waals surface area contributed by atoms with Gasteiger partial charge in [0.1, 0.15) is 12.4 Å². The molecule has 1 atom stereocenters. The number of carboxylic acid groups (broad SMARTS) is 1. The lowest BCUT2D eigenvalue weighted by Gasteiger charge is -2.36. The van der Waals surface area contributed by atoms with Crippen molar-refractivity contribution < 1.29 is 23.9 Å². The van der Waals surface area contributed by atoms with E-state index in [4.69, 9.17) is 9.16 Å². The molecule has 6 nitrogen and oxygen atoms in total. The first-order chi connectivity index (χ1) is 13.5. The molecule has 2 aromatic carbocycles. The maximum Gasteiger partial charge on any atom is 0.408 e. The van der Waals surface area contributed by atoms with Gasteiger partial charge in [0.15, 0.2) is 6.04 Å². The van der Waals surface area contributed by atoms with Crippen LogP contribution in [0.1, 0.15) is 37.9 Å². The van der Waals surface area contributed by atoms with Crippen molar-refractivity contribution in [2.45, 2.75) is 51.6 Å². The van der Waals surface area contributed by atoms with Crippen molar-refractivity contribution in [1.29, 1.82) is 0 Å². The Kier molecular flexibility index (Phi) is 7.08. The molecule has 2 aromatic rings. The monoisotopic (exact) mass is 415 g/mol. The number of benzene rings is 2. The topological polar surface area (TPSA) is 84.9 Å². The van der Waals surface area contributed by atoms with Crippen LogP contribution in [0.3, 0.4) is 0 Å². The van der Waals surface area contributed by atoms with E-state index in [-0.39, 0.29) is 11.6 Å². The summed E-state index contributed by atoms with van der Waals surface area (Å²) in [6, 6.07) is 14.8. The fourth-order valence-electron chi connectivity index (χ4n) is 2.35. The van der Waals surface area contributed by atoms with Gasteiger partial charge in [-0.3, -0.25) is 0 Å². The molecule has 0 unspecified atom stereocenters. The first kappa shape index (κ1) is 22.5. The van der Waals surface area contributed by atoms with Crippen LogP contribution in [0.25, 0.3) is 0 Å². The fraction of sp³-hybridized carbons (Fsp3) is 0.364. The van der Waals surface area contributed by atoms with Crippen LogP contribution in [0, 0.1) is 0 Å². The van der Waals surface area contributed by atoms with Crippen molar-refractivity contribution in [3.8, 4) is 5.75 Å². The Bertz CT molecular complexity index is 829. The molecule has 2 N–H and O–H groups in total. The quantitative estimate of drug-likeness (QED) is 0.613. The van der Waals surface area contributed by atoms with Gasteiger partial charge in [0.2, 0.25) is 8.32 Å². The highest BCUT2D eigenvalue weighted by Gasteiger charge is 2.39. The number of amides is 1. The van der Waals surface area contributed by atoms with Crippen molar-refractivity contribution in [2.24, 2.45) is 0 Å². The van der Waals surface area contributed by atoms with Gasteiger partial charge in [0.05, 0.1) is 0 Å². The number of rotatable bonds is 7. The molecule has 0 fully saturated rings. The lowest BCUT2D eigenvalue weighted by atomic mass is 10.1. The fourth-order valence-corrected chi connectivity index (χ4v) is 3.38. The van der Waals surface area contributed by atoms with Gasteiger partial charge in [-0.2, -0.15) is 0 Å². The van der Waals surface area contributed by atoms with E-state index in [0.29, 0.717) is 11.3 Å². The first-order valence-corrected chi connectivity index (χ1v) is 12.4. The van der Waals surface area contributed by atoms with Gasteiger partial charge in [0.25, 0.3) is 0 Å². The van der Waals surface area contributed by atoms with E-state index in [1.807, 2.05) is 30.3 Å². The zero-order valence-electron chi connectivity index (χ0n) is 17.6. The molecule has 0 bridgehead atoms. The number of carboxylic acids is 1. The third kappa shape index (κ3) is 6.35. The van der Waals surface area contributed by atoms with Crippen LogP contribution >= 0.6 is 0 Å². The Balaban J connectivity index is 2.03. The molecule has 2 rings (SSSR count). The van der Waals surface area contributed by atoms with Crippen molar-refractivity contribution in [3.63, 3.8) is 0 Å². The Hall–Kier alpha value is -2.80. The highest BCUT2D eigenvalue weighted by Crippen LogP contribution is 2.37. The van der Waals surface area contributed by atoms with E-state index in [9.17, 15) is 14.7 Å². The number of hydrogen-bond donors (Lipinski definition) is 2. The van der Waals surface area contributed by atoms with Gasteiger partial charge in [-0.1, -0.05) is 63.2 Å². The van der Waals surface area contributed by atoms with Crippen molar-refractivity contribution in [2.75, 3.05) is 0 Å². The highest BCUT2D eigenvalue weighted by molar-refractivity contribution is 6.74. The molecule has 0 radical (unpaired) electrons. The minimum atomic E-state index is -1.99. The molecule has 0 aliphatic rings. The molecular weight excluding hydrogens is 386 g/mol. The van der Waals surface area contributed by atoms with Gasteiger partial charge in [-0.15, -0.1) is 0 Å². The molecule has 0 aromatic heterocycles. The summed E-state index contributed by atoms with van der Waals surface area (Å²) in [5.41, 5.74) is 1.26. The summed E-state index contributed by atoms with van der Waals surface area (Å²) in [4.78, 5) is 23.7. The number of ether oxygens (including phenoxy) is 1. The van der Waals surface area contributed by atoms with Crippen molar-refractivity contribution in [3.05, 3.63) is 65.7 Å². The standard InChI is InChI=1S/C22H29NO5Si/c1-22(2,3)29(4,5)28-18-13-11-17(12-14-18)19(20(24)25)23-21(26)27-15-16-9-7-6-8-10-16/h6-14,19H,15H2,1-5H3,(H,23,26)(H,24,25)/t19-/m0/s1. The molecule has 1 amide bonds. The van der Waals surface area contributed by atoms with E-state index >= 15 is 0 Å². The second-order valence-corrected chi connectivity index (χ2v) is 13.1. The molecule has 7 heteroatoms. The summed E-state index contributed by atoms with van der Waals surface area (Å²) in [5, 5.41) is 12.0. The normalized spacial score (nSPS) is 12.7. The molecular formula is C22H29NO5Si. The summed E-state index contributed by atoms with van der Waals surface area (Å²) < 4.78 is 11.3. The third-order valence-electron chi connectivity index (χ3n) is 5.11. The average Bonchev–Trinajstić information content (AvgIpc) is 2.65. The average molecular weight is 416 g/mol.